The molecule has 136 valence electrons. The fourth-order valence-electron chi connectivity index (χ4n) is 2.18. The molecule has 0 saturated carbocycles. The number of halogens is 1. The monoisotopic (exact) mass is 410 g/mol. The van der Waals surface area contributed by atoms with Crippen LogP contribution in [0.25, 0.3) is 0 Å². The predicted octanol–water partition coefficient (Wildman–Crippen LogP) is 0.464. The van der Waals surface area contributed by atoms with Crippen LogP contribution in [-0.2, 0) is 42.9 Å². The van der Waals surface area contributed by atoms with E-state index in [4.69, 9.17) is 23.7 Å². The largest absolute Gasteiger partial charge is 0.463 e. The van der Waals surface area contributed by atoms with E-state index in [1.807, 2.05) is 0 Å². The molecule has 0 unspecified atom stereocenters. The Bertz CT molecular complexity index is 506. The molecule has 0 aliphatic carbocycles. The third-order valence-corrected chi connectivity index (χ3v) is 3.67. The molecule has 5 atom stereocenters. The van der Waals surface area contributed by atoms with Crippen molar-refractivity contribution in [2.45, 2.75) is 57.1 Å². The topological polar surface area (TPSA) is 114 Å². The Balaban J connectivity index is 3.11. The van der Waals surface area contributed by atoms with Gasteiger partial charge in [0.2, 0.25) is 0 Å². The van der Waals surface area contributed by atoms with Gasteiger partial charge in [-0.25, -0.2) is 0 Å². The summed E-state index contributed by atoms with van der Waals surface area (Å²) in [7, 11) is 0. The molecule has 0 aromatic rings. The van der Waals surface area contributed by atoms with Crippen LogP contribution < -0.4 is 0 Å². The predicted molar refractivity (Wildman–Crippen MR) is 80.9 cm³/mol. The Hall–Kier alpha value is -1.68. The van der Waals surface area contributed by atoms with Crippen LogP contribution in [0.3, 0.4) is 0 Å². The summed E-state index contributed by atoms with van der Waals surface area (Å²) in [6, 6.07) is 0. The van der Waals surface area contributed by atoms with Crippen molar-refractivity contribution >= 4 is 39.8 Å². The highest BCUT2D eigenvalue weighted by Gasteiger charge is 2.51. The molecule has 0 spiro atoms. The molecule has 10 heteroatoms. The SMILES string of the molecule is CC(=O)OC[C@@H]1O[C@H](Br)[C@@H](OC(C)=O)[C@H](OC(C)=O)[C@H]1OC(C)=O. The molecule has 0 bridgehead atoms. The maximum Gasteiger partial charge on any atom is 0.303 e. The number of carbonyl (C=O) groups is 4. The molecule has 0 aromatic carbocycles. The lowest BCUT2D eigenvalue weighted by Crippen LogP contribution is -2.60. The smallest absolute Gasteiger partial charge is 0.303 e. The van der Waals surface area contributed by atoms with Gasteiger partial charge in [0.1, 0.15) is 12.7 Å². The quantitative estimate of drug-likeness (QED) is 0.362. The van der Waals surface area contributed by atoms with Gasteiger partial charge in [-0.2, -0.15) is 0 Å². The molecule has 0 radical (unpaired) electrons. The molecular formula is C14H19BrO9. The molecule has 1 saturated heterocycles. The van der Waals surface area contributed by atoms with Crippen LogP contribution in [0.4, 0.5) is 0 Å². The summed E-state index contributed by atoms with van der Waals surface area (Å²) >= 11 is 3.18. The first-order valence-corrected chi connectivity index (χ1v) is 7.98. The van der Waals surface area contributed by atoms with Crippen molar-refractivity contribution in [3.05, 3.63) is 0 Å². The molecule has 1 heterocycles. The number of hydrogen-bond acceptors (Lipinski definition) is 9. The number of alkyl halides is 1. The average molecular weight is 411 g/mol. The Morgan fingerprint density at radius 2 is 1.25 bits per heavy atom. The van der Waals surface area contributed by atoms with Gasteiger partial charge >= 0.3 is 23.9 Å². The van der Waals surface area contributed by atoms with E-state index in [0.717, 1.165) is 13.8 Å². The van der Waals surface area contributed by atoms with E-state index in [-0.39, 0.29) is 6.61 Å². The summed E-state index contributed by atoms with van der Waals surface area (Å²) in [4.78, 5) is 45.1. The first-order valence-electron chi connectivity index (χ1n) is 7.06. The van der Waals surface area contributed by atoms with Crippen molar-refractivity contribution in [2.24, 2.45) is 0 Å². The highest BCUT2D eigenvalue weighted by Crippen LogP contribution is 2.31. The van der Waals surface area contributed by atoms with Gasteiger partial charge in [-0.1, -0.05) is 15.9 Å². The van der Waals surface area contributed by atoms with Crippen molar-refractivity contribution in [1.29, 1.82) is 0 Å². The van der Waals surface area contributed by atoms with Crippen molar-refractivity contribution in [1.82, 2.24) is 0 Å². The zero-order chi connectivity index (χ0) is 18.4. The summed E-state index contributed by atoms with van der Waals surface area (Å²) in [5.41, 5.74) is 0. The second-order valence-corrected chi connectivity index (χ2v) is 5.95. The maximum atomic E-state index is 11.4. The number of ether oxygens (including phenoxy) is 5. The average Bonchev–Trinajstić information content (AvgIpc) is 2.42. The zero-order valence-electron chi connectivity index (χ0n) is 13.6. The lowest BCUT2D eigenvalue weighted by atomic mass is 9.99. The van der Waals surface area contributed by atoms with Crippen LogP contribution in [0.2, 0.25) is 0 Å². The van der Waals surface area contributed by atoms with Crippen LogP contribution in [0.5, 0.6) is 0 Å². The van der Waals surface area contributed by atoms with E-state index in [0.29, 0.717) is 0 Å². The minimum absolute atomic E-state index is 0.236. The second kappa shape index (κ2) is 8.97. The van der Waals surface area contributed by atoms with Crippen LogP contribution in [-0.4, -0.2) is 59.9 Å². The Morgan fingerprint density at radius 3 is 1.71 bits per heavy atom. The highest BCUT2D eigenvalue weighted by atomic mass is 79.9. The normalized spacial score (nSPS) is 29.3. The Kier molecular flexibility index (Phi) is 7.61. The van der Waals surface area contributed by atoms with Crippen LogP contribution >= 0.6 is 15.9 Å². The van der Waals surface area contributed by atoms with Gasteiger partial charge < -0.3 is 23.7 Å². The molecule has 1 aliphatic rings. The standard InChI is InChI=1S/C14H19BrO9/c1-6(16)20-5-10-11(21-7(2)17)12(22-8(3)18)13(14(15)24-10)23-9(4)19/h10-14H,5H2,1-4H3/t10-,11-,12+,13-,14-/m0/s1. The number of carbonyl (C=O) groups excluding carboxylic acids is 4. The second-order valence-electron chi connectivity index (χ2n) is 5.05. The number of hydrogen-bond donors (Lipinski definition) is 0. The first kappa shape index (κ1) is 20.4. The first-order chi connectivity index (χ1) is 11.1. The van der Waals surface area contributed by atoms with Crippen molar-refractivity contribution in [3.8, 4) is 0 Å². The van der Waals surface area contributed by atoms with Crippen LogP contribution in [0.15, 0.2) is 0 Å². The zero-order valence-corrected chi connectivity index (χ0v) is 15.2. The third-order valence-electron chi connectivity index (χ3n) is 2.93. The van der Waals surface area contributed by atoms with Gasteiger partial charge in [-0.15, -0.1) is 0 Å². The molecule has 1 rings (SSSR count). The highest BCUT2D eigenvalue weighted by molar-refractivity contribution is 9.09. The van der Waals surface area contributed by atoms with Gasteiger partial charge in [0, 0.05) is 27.7 Å². The van der Waals surface area contributed by atoms with Gasteiger partial charge in [0.05, 0.1) is 0 Å². The third kappa shape index (κ3) is 6.08. The Morgan fingerprint density at radius 1 is 0.792 bits per heavy atom. The van der Waals surface area contributed by atoms with Gasteiger partial charge in [-0.05, 0) is 0 Å². The minimum Gasteiger partial charge on any atom is -0.463 e. The molecule has 24 heavy (non-hydrogen) atoms. The molecule has 9 nitrogen and oxygen atoms in total. The van der Waals surface area contributed by atoms with Gasteiger partial charge in [-0.3, -0.25) is 19.2 Å². The summed E-state index contributed by atoms with van der Waals surface area (Å²) in [6.45, 7) is 4.47. The molecular weight excluding hydrogens is 392 g/mol. The molecule has 1 fully saturated rings. The van der Waals surface area contributed by atoms with Gasteiger partial charge in [0.15, 0.2) is 23.3 Å². The van der Waals surface area contributed by atoms with Crippen LogP contribution in [0, 0.1) is 0 Å². The van der Waals surface area contributed by atoms with E-state index in [9.17, 15) is 19.2 Å². The lowest BCUT2D eigenvalue weighted by molar-refractivity contribution is -0.236. The number of esters is 4. The maximum absolute atomic E-state index is 11.4. The molecule has 0 aromatic heterocycles. The van der Waals surface area contributed by atoms with Gasteiger partial charge in [0.25, 0.3) is 0 Å². The van der Waals surface area contributed by atoms with Crippen molar-refractivity contribution < 1.29 is 42.9 Å². The van der Waals surface area contributed by atoms with E-state index in [1.54, 1.807) is 0 Å². The number of rotatable bonds is 5. The van der Waals surface area contributed by atoms with Crippen LogP contribution in [0.1, 0.15) is 27.7 Å². The molecule has 1 aliphatic heterocycles. The summed E-state index contributed by atoms with van der Waals surface area (Å²) in [5, 5.41) is -0.863. The summed E-state index contributed by atoms with van der Waals surface area (Å²) in [6.07, 6.45) is -4.22. The molecule has 0 amide bonds. The lowest BCUT2D eigenvalue weighted by Gasteiger charge is -2.42. The van der Waals surface area contributed by atoms with Crippen molar-refractivity contribution in [3.63, 3.8) is 0 Å². The fourth-order valence-corrected chi connectivity index (χ4v) is 2.86. The van der Waals surface area contributed by atoms with E-state index in [2.05, 4.69) is 15.9 Å². The summed E-state index contributed by atoms with van der Waals surface area (Å²) in [5.74, 6) is -2.52. The fraction of sp³-hybridized carbons (Fsp3) is 0.714. The van der Waals surface area contributed by atoms with E-state index >= 15 is 0 Å². The Labute approximate surface area is 147 Å². The molecule has 0 N–H and O–H groups in total. The van der Waals surface area contributed by atoms with E-state index < -0.39 is 53.3 Å². The van der Waals surface area contributed by atoms with E-state index in [1.165, 1.54) is 13.8 Å². The summed E-state index contributed by atoms with van der Waals surface area (Å²) < 4.78 is 25.9. The van der Waals surface area contributed by atoms with Crippen molar-refractivity contribution in [2.75, 3.05) is 6.61 Å². The minimum atomic E-state index is -1.13.